The number of aliphatic hydroxyl groups is 1. The molecule has 0 aliphatic heterocycles. The normalized spacial score (nSPS) is 15.1. The zero-order chi connectivity index (χ0) is 11.8. The Labute approximate surface area is 91.2 Å². The second kappa shape index (κ2) is 7.62. The zero-order valence-electron chi connectivity index (χ0n) is 9.77. The Kier molecular flexibility index (Phi) is 7.29. The lowest BCUT2D eigenvalue weighted by Crippen LogP contribution is -2.36. The van der Waals surface area contributed by atoms with E-state index >= 15 is 0 Å². The van der Waals surface area contributed by atoms with Gasteiger partial charge in [0.15, 0.2) is 0 Å². The number of ether oxygens (including phenoxy) is 1. The van der Waals surface area contributed by atoms with Crippen LogP contribution in [0.3, 0.4) is 0 Å². The fourth-order valence-corrected chi connectivity index (χ4v) is 1.12. The Morgan fingerprint density at radius 3 is 2.67 bits per heavy atom. The molecule has 0 heterocycles. The molecule has 0 spiro atoms. The zero-order valence-corrected chi connectivity index (χ0v) is 9.77. The van der Waals surface area contributed by atoms with Crippen molar-refractivity contribution in [2.45, 2.75) is 32.4 Å². The van der Waals surface area contributed by atoms with Gasteiger partial charge in [-0.05, 0) is 27.3 Å². The first-order chi connectivity index (χ1) is 6.97. The highest BCUT2D eigenvalue weighted by atomic mass is 16.5. The van der Waals surface area contributed by atoms with Gasteiger partial charge in [0.1, 0.15) is 0 Å². The van der Waals surface area contributed by atoms with Gasteiger partial charge in [-0.3, -0.25) is 9.69 Å². The van der Waals surface area contributed by atoms with Crippen LogP contribution < -0.4 is 5.73 Å². The van der Waals surface area contributed by atoms with Crippen LogP contribution in [-0.2, 0) is 9.53 Å². The van der Waals surface area contributed by atoms with Gasteiger partial charge >= 0.3 is 5.97 Å². The first-order valence-corrected chi connectivity index (χ1v) is 5.25. The van der Waals surface area contributed by atoms with Crippen LogP contribution in [0, 0.1) is 0 Å². The van der Waals surface area contributed by atoms with Crippen molar-refractivity contribution in [3.8, 4) is 0 Å². The summed E-state index contributed by atoms with van der Waals surface area (Å²) in [5.74, 6) is -0.240. The lowest BCUT2D eigenvalue weighted by atomic mass is 10.1. The minimum atomic E-state index is -0.519. The van der Waals surface area contributed by atoms with Crippen molar-refractivity contribution in [3.63, 3.8) is 0 Å². The van der Waals surface area contributed by atoms with E-state index in [2.05, 4.69) is 0 Å². The van der Waals surface area contributed by atoms with E-state index in [0.717, 1.165) is 0 Å². The van der Waals surface area contributed by atoms with Crippen molar-refractivity contribution in [3.05, 3.63) is 0 Å². The number of hydrogen-bond acceptors (Lipinski definition) is 5. The molecule has 15 heavy (non-hydrogen) atoms. The smallest absolute Gasteiger partial charge is 0.320 e. The summed E-state index contributed by atoms with van der Waals surface area (Å²) in [6, 6.07) is -0.235. The molecular formula is C10H22N2O3. The standard InChI is InChI=1S/C10H22N2O3/c1-4-15-10(14)7-12(3)6-5-9(13)8(2)11/h8-9,13H,4-7,11H2,1-3H3/t8?,9-/m1/s1. The predicted molar refractivity (Wildman–Crippen MR) is 58.4 cm³/mol. The highest BCUT2D eigenvalue weighted by molar-refractivity contribution is 5.71. The second-order valence-electron chi connectivity index (χ2n) is 3.76. The van der Waals surface area contributed by atoms with Crippen LogP contribution in [-0.4, -0.2) is 54.9 Å². The fourth-order valence-electron chi connectivity index (χ4n) is 1.12. The third kappa shape index (κ3) is 7.30. The Balaban J connectivity index is 3.65. The Morgan fingerprint density at radius 2 is 2.20 bits per heavy atom. The van der Waals surface area contributed by atoms with Crippen molar-refractivity contribution in [1.29, 1.82) is 0 Å². The third-order valence-corrected chi connectivity index (χ3v) is 2.12. The van der Waals surface area contributed by atoms with Crippen molar-refractivity contribution in [2.75, 3.05) is 26.7 Å². The summed E-state index contributed by atoms with van der Waals surface area (Å²) >= 11 is 0. The van der Waals surface area contributed by atoms with Gasteiger partial charge in [0.2, 0.25) is 0 Å². The topological polar surface area (TPSA) is 75.8 Å². The first kappa shape index (κ1) is 14.3. The first-order valence-electron chi connectivity index (χ1n) is 5.25. The molecule has 0 amide bonds. The molecule has 3 N–H and O–H groups in total. The van der Waals surface area contributed by atoms with Crippen LogP contribution in [0.15, 0.2) is 0 Å². The average molecular weight is 218 g/mol. The summed E-state index contributed by atoms with van der Waals surface area (Å²) in [4.78, 5) is 12.9. The monoisotopic (exact) mass is 218 g/mol. The van der Waals surface area contributed by atoms with Gasteiger partial charge in [0.25, 0.3) is 0 Å². The third-order valence-electron chi connectivity index (χ3n) is 2.12. The Morgan fingerprint density at radius 1 is 1.60 bits per heavy atom. The number of esters is 1. The van der Waals surface area contributed by atoms with Crippen LogP contribution in [0.1, 0.15) is 20.3 Å². The molecule has 0 rings (SSSR count). The molecule has 0 aromatic rings. The van der Waals surface area contributed by atoms with E-state index in [-0.39, 0.29) is 18.6 Å². The molecule has 1 unspecified atom stereocenters. The summed E-state index contributed by atoms with van der Waals surface area (Å²) in [6.45, 7) is 4.81. The van der Waals surface area contributed by atoms with Crippen LogP contribution >= 0.6 is 0 Å². The SMILES string of the molecule is CCOC(=O)CN(C)CC[C@@H](O)C(C)N. The molecule has 0 fully saturated rings. The number of carbonyl (C=O) groups excluding carboxylic acids is 1. The maximum atomic E-state index is 11.1. The maximum Gasteiger partial charge on any atom is 0.320 e. The van der Waals surface area contributed by atoms with Gasteiger partial charge in [-0.25, -0.2) is 0 Å². The molecule has 0 aromatic heterocycles. The summed E-state index contributed by atoms with van der Waals surface area (Å²) in [5, 5.41) is 9.44. The molecule has 0 aliphatic carbocycles. The molecular weight excluding hydrogens is 196 g/mol. The lowest BCUT2D eigenvalue weighted by molar-refractivity contribution is -0.144. The molecule has 0 radical (unpaired) electrons. The van der Waals surface area contributed by atoms with Gasteiger partial charge < -0.3 is 15.6 Å². The molecule has 0 saturated carbocycles. The van der Waals surface area contributed by atoms with Crippen molar-refractivity contribution in [1.82, 2.24) is 4.90 Å². The molecule has 5 nitrogen and oxygen atoms in total. The number of nitrogens with two attached hydrogens (primary N) is 1. The van der Waals surface area contributed by atoms with E-state index in [1.807, 2.05) is 11.9 Å². The second-order valence-corrected chi connectivity index (χ2v) is 3.76. The summed E-state index contributed by atoms with van der Waals surface area (Å²) in [6.07, 6.45) is 0.0442. The quantitative estimate of drug-likeness (QED) is 0.568. The number of aliphatic hydroxyl groups excluding tert-OH is 1. The lowest BCUT2D eigenvalue weighted by Gasteiger charge is -2.19. The van der Waals surface area contributed by atoms with Crippen LogP contribution in [0.2, 0.25) is 0 Å². The Hall–Kier alpha value is -0.650. The molecule has 90 valence electrons. The van der Waals surface area contributed by atoms with Crippen molar-refractivity contribution in [2.24, 2.45) is 5.73 Å². The highest BCUT2D eigenvalue weighted by Crippen LogP contribution is 1.98. The predicted octanol–water partition coefficient (Wildman–Crippen LogP) is -0.420. The summed E-state index contributed by atoms with van der Waals surface area (Å²) in [5.41, 5.74) is 5.51. The molecule has 0 saturated heterocycles. The molecule has 0 aromatic carbocycles. The number of rotatable bonds is 7. The number of hydrogen-bond donors (Lipinski definition) is 2. The average Bonchev–Trinajstić information content (AvgIpc) is 2.14. The van der Waals surface area contributed by atoms with Crippen LogP contribution in [0.4, 0.5) is 0 Å². The van der Waals surface area contributed by atoms with Gasteiger partial charge in [0, 0.05) is 12.6 Å². The minimum absolute atomic E-state index is 0.235. The van der Waals surface area contributed by atoms with E-state index in [4.69, 9.17) is 10.5 Å². The summed E-state index contributed by atoms with van der Waals surface area (Å²) < 4.78 is 4.80. The van der Waals surface area contributed by atoms with Crippen molar-refractivity contribution < 1.29 is 14.6 Å². The van der Waals surface area contributed by atoms with E-state index in [0.29, 0.717) is 19.6 Å². The molecule has 0 bridgehead atoms. The van der Waals surface area contributed by atoms with Gasteiger partial charge in [-0.2, -0.15) is 0 Å². The van der Waals surface area contributed by atoms with E-state index in [1.54, 1.807) is 13.8 Å². The van der Waals surface area contributed by atoms with E-state index in [1.165, 1.54) is 0 Å². The Bertz CT molecular complexity index is 186. The largest absolute Gasteiger partial charge is 0.465 e. The molecule has 0 aliphatic rings. The highest BCUT2D eigenvalue weighted by Gasteiger charge is 2.12. The molecule has 5 heteroatoms. The minimum Gasteiger partial charge on any atom is -0.465 e. The van der Waals surface area contributed by atoms with Crippen LogP contribution in [0.25, 0.3) is 0 Å². The number of likely N-dealkylation sites (N-methyl/N-ethyl adjacent to an activating group) is 1. The van der Waals surface area contributed by atoms with Gasteiger partial charge in [-0.1, -0.05) is 0 Å². The van der Waals surface area contributed by atoms with Crippen molar-refractivity contribution >= 4 is 5.97 Å². The molecule has 2 atom stereocenters. The van der Waals surface area contributed by atoms with Crippen LogP contribution in [0.5, 0.6) is 0 Å². The number of nitrogens with zero attached hydrogens (tertiary/aromatic N) is 1. The van der Waals surface area contributed by atoms with E-state index < -0.39 is 6.10 Å². The summed E-state index contributed by atoms with van der Waals surface area (Å²) in [7, 11) is 1.81. The maximum absolute atomic E-state index is 11.1. The fraction of sp³-hybridized carbons (Fsp3) is 0.900. The number of carbonyl (C=O) groups is 1. The van der Waals surface area contributed by atoms with Gasteiger partial charge in [-0.15, -0.1) is 0 Å². The van der Waals surface area contributed by atoms with E-state index in [9.17, 15) is 9.90 Å². The van der Waals surface area contributed by atoms with Gasteiger partial charge in [0.05, 0.1) is 19.3 Å².